The molecule has 0 aliphatic carbocycles. The zero-order valence-electron chi connectivity index (χ0n) is 13.8. The first kappa shape index (κ1) is 17.1. The Bertz CT molecular complexity index is 777. The fraction of sp³-hybridized carbons (Fsp3) is 0.353. The van der Waals surface area contributed by atoms with E-state index in [4.69, 9.17) is 4.74 Å². The maximum absolute atomic E-state index is 13.3. The molecule has 1 unspecified atom stereocenters. The minimum absolute atomic E-state index is 0.138. The molecule has 0 spiro atoms. The van der Waals surface area contributed by atoms with E-state index in [-0.39, 0.29) is 29.4 Å². The zero-order valence-corrected chi connectivity index (χ0v) is 13.8. The number of carbonyl (C=O) groups is 2. The molecule has 132 valence electrons. The summed E-state index contributed by atoms with van der Waals surface area (Å²) in [6, 6.07) is 7.60. The van der Waals surface area contributed by atoms with Crippen molar-refractivity contribution in [3.8, 4) is 5.69 Å². The molecule has 1 aromatic heterocycles. The van der Waals surface area contributed by atoms with E-state index in [0.29, 0.717) is 31.9 Å². The van der Waals surface area contributed by atoms with Crippen molar-refractivity contribution in [2.75, 3.05) is 26.2 Å². The second-order valence-corrected chi connectivity index (χ2v) is 5.81. The summed E-state index contributed by atoms with van der Waals surface area (Å²) in [4.78, 5) is 25.3. The van der Waals surface area contributed by atoms with E-state index in [1.54, 1.807) is 29.3 Å². The summed E-state index contributed by atoms with van der Waals surface area (Å²) in [5.41, 5.74) is 0.828. The smallest absolute Gasteiger partial charge is 0.274 e. The summed E-state index contributed by atoms with van der Waals surface area (Å²) in [5, 5.41) is 6.93. The van der Waals surface area contributed by atoms with Crippen LogP contribution in [0.25, 0.3) is 5.69 Å². The molecule has 25 heavy (non-hydrogen) atoms. The normalized spacial score (nSPS) is 17.4. The Labute approximate surface area is 144 Å². The Kier molecular flexibility index (Phi) is 5.08. The Morgan fingerprint density at radius 1 is 1.40 bits per heavy atom. The Balaban J connectivity index is 1.67. The van der Waals surface area contributed by atoms with Crippen LogP contribution in [0.3, 0.4) is 0 Å². The monoisotopic (exact) mass is 346 g/mol. The van der Waals surface area contributed by atoms with E-state index in [0.717, 1.165) is 0 Å². The van der Waals surface area contributed by atoms with Gasteiger partial charge in [-0.1, -0.05) is 6.07 Å². The van der Waals surface area contributed by atoms with Crippen LogP contribution in [0.2, 0.25) is 0 Å². The third-order valence-electron chi connectivity index (χ3n) is 3.89. The molecule has 0 saturated carbocycles. The van der Waals surface area contributed by atoms with Crippen LogP contribution in [-0.2, 0) is 9.53 Å². The van der Waals surface area contributed by atoms with Gasteiger partial charge in [-0.3, -0.25) is 9.59 Å². The minimum atomic E-state index is -0.366. The molecule has 1 fully saturated rings. The van der Waals surface area contributed by atoms with Crippen molar-refractivity contribution in [1.82, 2.24) is 20.0 Å². The number of amides is 2. The number of aromatic nitrogens is 2. The fourth-order valence-corrected chi connectivity index (χ4v) is 2.65. The van der Waals surface area contributed by atoms with E-state index < -0.39 is 0 Å². The van der Waals surface area contributed by atoms with Crippen LogP contribution in [0.15, 0.2) is 36.5 Å². The lowest BCUT2D eigenvalue weighted by molar-refractivity contribution is -0.120. The van der Waals surface area contributed by atoms with E-state index in [1.807, 2.05) is 0 Å². The predicted octanol–water partition coefficient (Wildman–Crippen LogP) is 0.988. The van der Waals surface area contributed by atoms with Gasteiger partial charge in [-0.25, -0.2) is 9.07 Å². The molecular formula is C17H19FN4O3. The third-order valence-corrected chi connectivity index (χ3v) is 3.89. The van der Waals surface area contributed by atoms with Gasteiger partial charge in [-0.15, -0.1) is 0 Å². The van der Waals surface area contributed by atoms with Gasteiger partial charge in [0, 0.05) is 32.8 Å². The highest BCUT2D eigenvalue weighted by atomic mass is 19.1. The molecule has 1 aromatic carbocycles. The van der Waals surface area contributed by atoms with E-state index in [1.165, 1.54) is 23.7 Å². The van der Waals surface area contributed by atoms with Crippen LogP contribution >= 0.6 is 0 Å². The molecule has 3 rings (SSSR count). The molecule has 0 radical (unpaired) electrons. The maximum atomic E-state index is 13.3. The molecule has 1 aliphatic rings. The van der Waals surface area contributed by atoms with Gasteiger partial charge in [-0.2, -0.15) is 5.10 Å². The average molecular weight is 346 g/mol. The van der Waals surface area contributed by atoms with Crippen molar-refractivity contribution in [2.45, 2.75) is 13.0 Å². The predicted molar refractivity (Wildman–Crippen MR) is 87.8 cm³/mol. The van der Waals surface area contributed by atoms with Gasteiger partial charge in [-0.05, 0) is 24.3 Å². The van der Waals surface area contributed by atoms with Crippen molar-refractivity contribution >= 4 is 11.8 Å². The molecule has 1 N–H and O–H groups in total. The van der Waals surface area contributed by atoms with Gasteiger partial charge in [0.15, 0.2) is 5.69 Å². The number of morpholine rings is 1. The molecule has 1 saturated heterocycles. The van der Waals surface area contributed by atoms with Crippen LogP contribution < -0.4 is 5.32 Å². The third kappa shape index (κ3) is 4.21. The standard InChI is InChI=1S/C17H19FN4O3/c1-12(23)19-10-15-11-21(7-8-25-15)17(24)16-5-6-22(20-16)14-4-2-3-13(18)9-14/h2-6,9,15H,7-8,10-11H2,1H3,(H,19,23). The summed E-state index contributed by atoms with van der Waals surface area (Å²) < 4.78 is 20.3. The van der Waals surface area contributed by atoms with Crippen LogP contribution in [0.5, 0.6) is 0 Å². The van der Waals surface area contributed by atoms with E-state index in [2.05, 4.69) is 10.4 Å². The zero-order chi connectivity index (χ0) is 17.8. The number of halogens is 1. The van der Waals surface area contributed by atoms with Crippen LogP contribution in [0.4, 0.5) is 4.39 Å². The number of hydrogen-bond donors (Lipinski definition) is 1. The summed E-state index contributed by atoms with van der Waals surface area (Å²) in [7, 11) is 0. The molecule has 2 aromatic rings. The number of rotatable bonds is 4. The van der Waals surface area contributed by atoms with Crippen molar-refractivity contribution in [2.24, 2.45) is 0 Å². The topological polar surface area (TPSA) is 76.5 Å². The molecule has 1 aliphatic heterocycles. The largest absolute Gasteiger partial charge is 0.373 e. The maximum Gasteiger partial charge on any atom is 0.274 e. The van der Waals surface area contributed by atoms with E-state index in [9.17, 15) is 14.0 Å². The van der Waals surface area contributed by atoms with Gasteiger partial charge in [0.2, 0.25) is 5.91 Å². The number of nitrogens with zero attached hydrogens (tertiary/aromatic N) is 3. The lowest BCUT2D eigenvalue weighted by Crippen LogP contribution is -2.49. The highest BCUT2D eigenvalue weighted by Gasteiger charge is 2.26. The number of carbonyl (C=O) groups excluding carboxylic acids is 2. The van der Waals surface area contributed by atoms with Crippen LogP contribution in [0, 0.1) is 5.82 Å². The Morgan fingerprint density at radius 3 is 3.00 bits per heavy atom. The average Bonchev–Trinajstić information content (AvgIpc) is 3.10. The fourth-order valence-electron chi connectivity index (χ4n) is 2.65. The highest BCUT2D eigenvalue weighted by Crippen LogP contribution is 2.13. The van der Waals surface area contributed by atoms with Crippen molar-refractivity contribution < 1.29 is 18.7 Å². The molecule has 7 nitrogen and oxygen atoms in total. The summed E-state index contributed by atoms with van der Waals surface area (Å²) >= 11 is 0. The number of ether oxygens (including phenoxy) is 1. The molecule has 2 amide bonds. The van der Waals surface area contributed by atoms with E-state index >= 15 is 0 Å². The van der Waals surface area contributed by atoms with Gasteiger partial charge >= 0.3 is 0 Å². The first-order valence-electron chi connectivity index (χ1n) is 8.00. The second kappa shape index (κ2) is 7.43. The quantitative estimate of drug-likeness (QED) is 0.896. The van der Waals surface area contributed by atoms with Gasteiger partial charge < -0.3 is 15.0 Å². The number of hydrogen-bond acceptors (Lipinski definition) is 4. The van der Waals surface area contributed by atoms with Crippen LogP contribution in [-0.4, -0.2) is 58.8 Å². The first-order chi connectivity index (χ1) is 12.0. The summed E-state index contributed by atoms with van der Waals surface area (Å²) in [5.74, 6) is -0.720. The number of benzene rings is 1. The molecule has 2 heterocycles. The lowest BCUT2D eigenvalue weighted by Gasteiger charge is -2.32. The van der Waals surface area contributed by atoms with Crippen LogP contribution in [0.1, 0.15) is 17.4 Å². The molecule has 8 heteroatoms. The highest BCUT2D eigenvalue weighted by molar-refractivity contribution is 5.92. The van der Waals surface area contributed by atoms with Crippen molar-refractivity contribution in [3.05, 3.63) is 48.0 Å². The Hall–Kier alpha value is -2.74. The Morgan fingerprint density at radius 2 is 2.24 bits per heavy atom. The molecular weight excluding hydrogens is 327 g/mol. The summed E-state index contributed by atoms with van der Waals surface area (Å²) in [6.45, 7) is 3.04. The molecule has 1 atom stereocenters. The second-order valence-electron chi connectivity index (χ2n) is 5.81. The summed E-state index contributed by atoms with van der Waals surface area (Å²) in [6.07, 6.45) is 1.38. The number of nitrogens with one attached hydrogen (secondary N) is 1. The van der Waals surface area contributed by atoms with Crippen molar-refractivity contribution in [1.29, 1.82) is 0 Å². The van der Waals surface area contributed by atoms with Gasteiger partial charge in [0.25, 0.3) is 5.91 Å². The lowest BCUT2D eigenvalue weighted by atomic mass is 10.2. The minimum Gasteiger partial charge on any atom is -0.373 e. The SMILES string of the molecule is CC(=O)NCC1CN(C(=O)c2ccn(-c3cccc(F)c3)n2)CCO1. The van der Waals surface area contributed by atoms with Gasteiger partial charge in [0.05, 0.1) is 18.4 Å². The van der Waals surface area contributed by atoms with Crippen molar-refractivity contribution in [3.63, 3.8) is 0 Å². The molecule has 0 bridgehead atoms. The first-order valence-corrected chi connectivity index (χ1v) is 8.00. The van der Waals surface area contributed by atoms with Gasteiger partial charge in [0.1, 0.15) is 5.82 Å².